The van der Waals surface area contributed by atoms with Crippen LogP contribution in [0, 0.1) is 0 Å². The fraction of sp³-hybridized carbons (Fsp3) is 0.733. The van der Waals surface area contributed by atoms with Crippen LogP contribution in [0.15, 0.2) is 6.33 Å². The van der Waals surface area contributed by atoms with Crippen molar-refractivity contribution in [3.63, 3.8) is 0 Å². The van der Waals surface area contributed by atoms with Crippen molar-refractivity contribution < 1.29 is 0 Å². The summed E-state index contributed by atoms with van der Waals surface area (Å²) in [5.74, 6) is 0.912. The summed E-state index contributed by atoms with van der Waals surface area (Å²) in [6, 6.07) is 0. The summed E-state index contributed by atoms with van der Waals surface area (Å²) in [6.45, 7) is 5.35. The van der Waals surface area contributed by atoms with Crippen molar-refractivity contribution in [2.24, 2.45) is 0 Å². The van der Waals surface area contributed by atoms with Gasteiger partial charge in [0.15, 0.2) is 0 Å². The molecule has 0 atom stereocenters. The van der Waals surface area contributed by atoms with Gasteiger partial charge < -0.3 is 5.32 Å². The lowest BCUT2D eigenvalue weighted by Crippen LogP contribution is -2.07. The molecule has 0 bridgehead atoms. The van der Waals surface area contributed by atoms with Gasteiger partial charge in [-0.1, -0.05) is 64.0 Å². The summed E-state index contributed by atoms with van der Waals surface area (Å²) in [5.41, 5.74) is 1.05. The van der Waals surface area contributed by atoms with Crippen LogP contribution in [-0.2, 0) is 6.42 Å². The Bertz CT molecular complexity index is 355. The minimum absolute atomic E-state index is 0.585. The number of unbranched alkanes of at least 4 members (excludes halogenated alkanes) is 5. The lowest BCUT2D eigenvalue weighted by atomic mass is 10.1. The number of hydrogen-bond acceptors (Lipinski definition) is 3. The Balaban J connectivity index is 2.30. The minimum Gasteiger partial charge on any atom is -0.370 e. The summed E-state index contributed by atoms with van der Waals surface area (Å²) in [7, 11) is 0. The van der Waals surface area contributed by atoms with E-state index in [0.29, 0.717) is 5.15 Å². The van der Waals surface area contributed by atoms with Gasteiger partial charge in [0.25, 0.3) is 0 Å². The number of rotatable bonds is 10. The van der Waals surface area contributed by atoms with E-state index < -0.39 is 0 Å². The number of aromatic nitrogens is 2. The molecule has 0 fully saturated rings. The van der Waals surface area contributed by atoms with E-state index >= 15 is 0 Å². The first kappa shape index (κ1) is 16.2. The second-order valence-corrected chi connectivity index (χ2v) is 5.29. The largest absolute Gasteiger partial charge is 0.370 e. The van der Waals surface area contributed by atoms with Crippen LogP contribution in [0.4, 0.5) is 5.82 Å². The molecule has 0 aliphatic rings. The molecule has 3 nitrogen and oxygen atoms in total. The second kappa shape index (κ2) is 10.0. The quantitative estimate of drug-likeness (QED) is 0.492. The lowest BCUT2D eigenvalue weighted by Gasteiger charge is -2.11. The number of nitrogens with one attached hydrogen (secondary N) is 1. The van der Waals surface area contributed by atoms with Gasteiger partial charge in [0.2, 0.25) is 0 Å². The standard InChI is InChI=1S/C15H26ClN3/c1-3-5-6-7-8-9-11-17-15-13(10-4-2)14(16)18-12-19-15/h12H,3-11H2,1-2H3,(H,17,18,19). The molecule has 1 aromatic rings. The molecule has 1 rings (SSSR count). The second-order valence-electron chi connectivity index (χ2n) is 4.94. The third-order valence-electron chi connectivity index (χ3n) is 3.22. The summed E-state index contributed by atoms with van der Waals surface area (Å²) in [4.78, 5) is 8.35. The average Bonchev–Trinajstić information content (AvgIpc) is 2.41. The monoisotopic (exact) mass is 283 g/mol. The van der Waals surface area contributed by atoms with Crippen LogP contribution in [0.5, 0.6) is 0 Å². The molecular weight excluding hydrogens is 258 g/mol. The van der Waals surface area contributed by atoms with E-state index in [-0.39, 0.29) is 0 Å². The SMILES string of the molecule is CCCCCCCCNc1ncnc(Cl)c1CCC. The number of halogens is 1. The summed E-state index contributed by atoms with van der Waals surface area (Å²) >= 11 is 6.11. The van der Waals surface area contributed by atoms with Crippen molar-refractivity contribution in [3.8, 4) is 0 Å². The normalized spacial score (nSPS) is 10.7. The predicted molar refractivity (Wildman–Crippen MR) is 82.9 cm³/mol. The molecule has 0 unspecified atom stereocenters. The Labute approximate surface area is 122 Å². The molecule has 0 aromatic carbocycles. The van der Waals surface area contributed by atoms with Crippen molar-refractivity contribution in [1.29, 1.82) is 0 Å². The molecule has 0 saturated carbocycles. The molecular formula is C15H26ClN3. The van der Waals surface area contributed by atoms with E-state index in [4.69, 9.17) is 11.6 Å². The summed E-state index contributed by atoms with van der Waals surface area (Å²) in [5, 5.41) is 3.98. The summed E-state index contributed by atoms with van der Waals surface area (Å²) in [6.07, 6.45) is 11.3. The molecule has 0 saturated heterocycles. The van der Waals surface area contributed by atoms with Gasteiger partial charge in [0.05, 0.1) is 0 Å². The fourth-order valence-corrected chi connectivity index (χ4v) is 2.35. The van der Waals surface area contributed by atoms with Crippen LogP contribution < -0.4 is 5.32 Å². The van der Waals surface area contributed by atoms with Gasteiger partial charge >= 0.3 is 0 Å². The zero-order valence-electron chi connectivity index (χ0n) is 12.2. The first-order chi connectivity index (χ1) is 9.29. The van der Waals surface area contributed by atoms with E-state index in [9.17, 15) is 0 Å². The van der Waals surface area contributed by atoms with Gasteiger partial charge in [-0.15, -0.1) is 0 Å². The van der Waals surface area contributed by atoms with Gasteiger partial charge in [-0.2, -0.15) is 0 Å². The average molecular weight is 284 g/mol. The lowest BCUT2D eigenvalue weighted by molar-refractivity contribution is 0.616. The van der Waals surface area contributed by atoms with Crippen molar-refractivity contribution in [3.05, 3.63) is 17.0 Å². The molecule has 4 heteroatoms. The van der Waals surface area contributed by atoms with Crippen molar-refractivity contribution in [2.45, 2.75) is 65.2 Å². The molecule has 19 heavy (non-hydrogen) atoms. The minimum atomic E-state index is 0.585. The molecule has 0 aliphatic carbocycles. The maximum atomic E-state index is 6.11. The molecule has 1 N–H and O–H groups in total. The zero-order chi connectivity index (χ0) is 13.9. The Morgan fingerprint density at radius 1 is 1.00 bits per heavy atom. The Hall–Kier alpha value is -0.830. The first-order valence-corrected chi connectivity index (χ1v) is 7.90. The van der Waals surface area contributed by atoms with Gasteiger partial charge in [-0.25, -0.2) is 9.97 Å². The van der Waals surface area contributed by atoms with Gasteiger partial charge in [0.1, 0.15) is 17.3 Å². The van der Waals surface area contributed by atoms with Crippen molar-refractivity contribution >= 4 is 17.4 Å². The molecule has 1 aromatic heterocycles. The Morgan fingerprint density at radius 2 is 1.74 bits per heavy atom. The van der Waals surface area contributed by atoms with E-state index in [1.54, 1.807) is 0 Å². The van der Waals surface area contributed by atoms with Crippen LogP contribution in [0.2, 0.25) is 5.15 Å². The Morgan fingerprint density at radius 3 is 2.47 bits per heavy atom. The van der Waals surface area contributed by atoms with Crippen LogP contribution in [0.1, 0.15) is 64.4 Å². The highest BCUT2D eigenvalue weighted by Crippen LogP contribution is 2.21. The third-order valence-corrected chi connectivity index (χ3v) is 3.54. The van der Waals surface area contributed by atoms with E-state index in [1.165, 1.54) is 44.9 Å². The first-order valence-electron chi connectivity index (χ1n) is 7.52. The maximum Gasteiger partial charge on any atom is 0.137 e. The van der Waals surface area contributed by atoms with Gasteiger partial charge in [0, 0.05) is 12.1 Å². The van der Waals surface area contributed by atoms with Crippen LogP contribution in [-0.4, -0.2) is 16.5 Å². The van der Waals surface area contributed by atoms with Gasteiger partial charge in [-0.3, -0.25) is 0 Å². The topological polar surface area (TPSA) is 37.8 Å². The molecule has 0 aliphatic heterocycles. The predicted octanol–water partition coefficient (Wildman–Crippen LogP) is 4.85. The highest BCUT2D eigenvalue weighted by atomic mass is 35.5. The van der Waals surface area contributed by atoms with Crippen LogP contribution >= 0.6 is 11.6 Å². The smallest absolute Gasteiger partial charge is 0.137 e. The molecule has 108 valence electrons. The van der Waals surface area contributed by atoms with Crippen molar-refractivity contribution in [1.82, 2.24) is 9.97 Å². The number of nitrogens with zero attached hydrogens (tertiary/aromatic N) is 2. The fourth-order valence-electron chi connectivity index (χ4n) is 2.13. The van der Waals surface area contributed by atoms with E-state index in [1.807, 2.05) is 0 Å². The van der Waals surface area contributed by atoms with Crippen LogP contribution in [0.3, 0.4) is 0 Å². The zero-order valence-corrected chi connectivity index (χ0v) is 13.0. The molecule has 0 radical (unpaired) electrons. The van der Waals surface area contributed by atoms with Crippen molar-refractivity contribution in [2.75, 3.05) is 11.9 Å². The highest BCUT2D eigenvalue weighted by molar-refractivity contribution is 6.30. The van der Waals surface area contributed by atoms with E-state index in [2.05, 4.69) is 29.1 Å². The van der Waals surface area contributed by atoms with E-state index in [0.717, 1.165) is 30.8 Å². The highest BCUT2D eigenvalue weighted by Gasteiger charge is 2.08. The molecule has 0 amide bonds. The third kappa shape index (κ3) is 6.24. The number of hydrogen-bond donors (Lipinski definition) is 1. The van der Waals surface area contributed by atoms with Gasteiger partial charge in [-0.05, 0) is 12.8 Å². The molecule has 0 spiro atoms. The summed E-state index contributed by atoms with van der Waals surface area (Å²) < 4.78 is 0. The van der Waals surface area contributed by atoms with Crippen LogP contribution in [0.25, 0.3) is 0 Å². The maximum absolute atomic E-state index is 6.11. The number of anilines is 1. The Kier molecular flexibility index (Phi) is 8.55. The molecule has 1 heterocycles.